The number of aryl methyl sites for hydroxylation is 1. The molecule has 4 N–H and O–H groups in total. The molecule has 9 nitrogen and oxygen atoms in total. The van der Waals surface area contributed by atoms with Crippen LogP contribution in [0.1, 0.15) is 41.9 Å². The number of primary amides is 1. The second-order valence-electron chi connectivity index (χ2n) is 6.90. The number of nitrogens with two attached hydrogens (primary N) is 1. The number of hydrogen-bond acceptors (Lipinski definition) is 7. The van der Waals surface area contributed by atoms with Crippen LogP contribution in [0.25, 0.3) is 0 Å². The second-order valence-corrected chi connectivity index (χ2v) is 8.36. The van der Waals surface area contributed by atoms with Crippen molar-refractivity contribution in [1.29, 1.82) is 0 Å². The maximum Gasteiger partial charge on any atom is 0.268 e. The number of nitrogens with zero attached hydrogens (tertiary/aromatic N) is 2. The molecule has 0 radical (unpaired) electrons. The van der Waals surface area contributed by atoms with E-state index < -0.39 is 16.0 Å². The Labute approximate surface area is 171 Å². The van der Waals surface area contributed by atoms with Gasteiger partial charge < -0.3 is 15.8 Å². The van der Waals surface area contributed by atoms with Gasteiger partial charge in [0.2, 0.25) is 5.88 Å². The molecule has 160 valence electrons. The van der Waals surface area contributed by atoms with E-state index in [2.05, 4.69) is 35.2 Å². The molecule has 0 spiro atoms. The van der Waals surface area contributed by atoms with Gasteiger partial charge in [0.15, 0.2) is 0 Å². The first kappa shape index (κ1) is 24.5. The van der Waals surface area contributed by atoms with Crippen molar-refractivity contribution in [3.05, 3.63) is 47.4 Å². The Morgan fingerprint density at radius 3 is 2.41 bits per heavy atom. The smallest absolute Gasteiger partial charge is 0.268 e. The van der Waals surface area contributed by atoms with Crippen LogP contribution in [0.3, 0.4) is 0 Å². The predicted molar refractivity (Wildman–Crippen MR) is 110 cm³/mol. The van der Waals surface area contributed by atoms with Gasteiger partial charge in [0.25, 0.3) is 16.0 Å². The van der Waals surface area contributed by atoms with Gasteiger partial charge in [0.1, 0.15) is 11.4 Å². The van der Waals surface area contributed by atoms with E-state index in [-0.39, 0.29) is 5.69 Å². The Hall–Kier alpha value is -2.56. The van der Waals surface area contributed by atoms with Crippen molar-refractivity contribution < 1.29 is 22.5 Å². The van der Waals surface area contributed by atoms with E-state index in [4.69, 9.17) is 15.0 Å². The van der Waals surface area contributed by atoms with Crippen LogP contribution in [-0.4, -0.2) is 41.6 Å². The van der Waals surface area contributed by atoms with Crippen molar-refractivity contribution in [3.8, 4) is 11.6 Å². The Bertz CT molecular complexity index is 891. The van der Waals surface area contributed by atoms with Gasteiger partial charge in [-0.3, -0.25) is 9.35 Å². The van der Waals surface area contributed by atoms with Gasteiger partial charge in [0.05, 0.1) is 18.6 Å². The molecular formula is C19H28N4O5S. The summed E-state index contributed by atoms with van der Waals surface area (Å²) in [4.78, 5) is 18.9. The third-order valence-electron chi connectivity index (χ3n) is 3.56. The molecule has 2 aromatic rings. The molecule has 0 saturated carbocycles. The van der Waals surface area contributed by atoms with Crippen LogP contribution >= 0.6 is 0 Å². The summed E-state index contributed by atoms with van der Waals surface area (Å²) in [5.41, 5.74) is 7.47. The number of hydrogen-bond donors (Lipinski definition) is 3. The molecule has 1 heterocycles. The van der Waals surface area contributed by atoms with Crippen LogP contribution in [0, 0.1) is 12.8 Å². The summed E-state index contributed by atoms with van der Waals surface area (Å²) in [5.74, 6) is 1.13. The Morgan fingerprint density at radius 1 is 1.28 bits per heavy atom. The standard InChI is InChI=1S/C18H24N4O2.CH4O3S/c1-12(2)6-7-20-9-14-4-5-16(13(3)8-14)24-17-11-21-15(10-22-17)18(19)23;1-5(2,3)4/h4-5,8,10-12,20H,6-7,9H2,1-3H3,(H2,19,23);1H3,(H,2,3,4). The molecule has 0 bridgehead atoms. The summed E-state index contributed by atoms with van der Waals surface area (Å²) in [7, 11) is -3.67. The number of rotatable bonds is 8. The zero-order chi connectivity index (χ0) is 22.0. The lowest BCUT2D eigenvalue weighted by Gasteiger charge is -2.11. The summed E-state index contributed by atoms with van der Waals surface area (Å²) >= 11 is 0. The molecule has 1 aromatic heterocycles. The minimum Gasteiger partial charge on any atom is -0.437 e. The molecular weight excluding hydrogens is 396 g/mol. The van der Waals surface area contributed by atoms with E-state index in [1.165, 1.54) is 24.4 Å². The largest absolute Gasteiger partial charge is 0.437 e. The molecule has 0 fully saturated rings. The number of ether oxygens (including phenoxy) is 1. The van der Waals surface area contributed by atoms with Gasteiger partial charge in [0, 0.05) is 6.54 Å². The minimum absolute atomic E-state index is 0.113. The Morgan fingerprint density at radius 2 is 1.93 bits per heavy atom. The van der Waals surface area contributed by atoms with E-state index in [9.17, 15) is 13.2 Å². The van der Waals surface area contributed by atoms with Gasteiger partial charge in [-0.1, -0.05) is 26.0 Å². The van der Waals surface area contributed by atoms with E-state index in [0.717, 1.165) is 18.7 Å². The monoisotopic (exact) mass is 424 g/mol. The number of carbonyl (C=O) groups excluding carboxylic acids is 1. The molecule has 0 aliphatic heterocycles. The zero-order valence-corrected chi connectivity index (χ0v) is 17.9. The van der Waals surface area contributed by atoms with Crippen LogP contribution in [0.15, 0.2) is 30.6 Å². The normalized spacial score (nSPS) is 11.0. The first-order valence-corrected chi connectivity index (χ1v) is 10.8. The van der Waals surface area contributed by atoms with Crippen LogP contribution < -0.4 is 15.8 Å². The fourth-order valence-corrected chi connectivity index (χ4v) is 2.17. The van der Waals surface area contributed by atoms with Crippen LogP contribution in [0.5, 0.6) is 11.6 Å². The lowest BCUT2D eigenvalue weighted by molar-refractivity contribution is 0.0995. The first-order chi connectivity index (χ1) is 13.5. The molecule has 0 saturated heterocycles. The molecule has 0 aliphatic carbocycles. The summed E-state index contributed by atoms with van der Waals surface area (Å²) in [5, 5.41) is 3.44. The number of nitrogens with one attached hydrogen (secondary N) is 1. The highest BCUT2D eigenvalue weighted by Crippen LogP contribution is 2.24. The highest BCUT2D eigenvalue weighted by atomic mass is 32.2. The van der Waals surface area contributed by atoms with Gasteiger partial charge in [-0.15, -0.1) is 0 Å². The number of amides is 1. The number of aromatic nitrogens is 2. The SMILES string of the molecule is CS(=O)(=O)O.Cc1cc(CNCCC(C)C)ccc1Oc1cnc(C(N)=O)cn1. The summed E-state index contributed by atoms with van der Waals surface area (Å²) in [6.45, 7) is 8.27. The fraction of sp³-hybridized carbons (Fsp3) is 0.421. The van der Waals surface area contributed by atoms with Gasteiger partial charge in [-0.25, -0.2) is 9.97 Å². The van der Waals surface area contributed by atoms with Crippen molar-refractivity contribution >= 4 is 16.0 Å². The average Bonchev–Trinajstić information content (AvgIpc) is 2.60. The Balaban J connectivity index is 0.000000749. The Kier molecular flexibility index (Phi) is 9.66. The lowest BCUT2D eigenvalue weighted by Crippen LogP contribution is -2.16. The lowest BCUT2D eigenvalue weighted by atomic mass is 10.1. The molecule has 0 atom stereocenters. The van der Waals surface area contributed by atoms with Crippen molar-refractivity contribution in [2.24, 2.45) is 11.7 Å². The molecule has 0 unspecified atom stereocenters. The minimum atomic E-state index is -3.67. The maximum atomic E-state index is 11.0. The topological polar surface area (TPSA) is 144 Å². The van der Waals surface area contributed by atoms with E-state index in [1.54, 1.807) is 0 Å². The van der Waals surface area contributed by atoms with E-state index >= 15 is 0 Å². The van der Waals surface area contributed by atoms with Gasteiger partial charge in [-0.05, 0) is 43.0 Å². The van der Waals surface area contributed by atoms with Crippen molar-refractivity contribution in [1.82, 2.24) is 15.3 Å². The van der Waals surface area contributed by atoms with E-state index in [0.29, 0.717) is 23.8 Å². The van der Waals surface area contributed by atoms with Crippen molar-refractivity contribution in [2.75, 3.05) is 12.8 Å². The van der Waals surface area contributed by atoms with Crippen LogP contribution in [0.4, 0.5) is 0 Å². The van der Waals surface area contributed by atoms with Gasteiger partial charge >= 0.3 is 0 Å². The highest BCUT2D eigenvalue weighted by Gasteiger charge is 2.07. The summed E-state index contributed by atoms with van der Waals surface area (Å²) in [6, 6.07) is 6.03. The summed E-state index contributed by atoms with van der Waals surface area (Å²) < 4.78 is 31.6. The average molecular weight is 425 g/mol. The van der Waals surface area contributed by atoms with Crippen LogP contribution in [-0.2, 0) is 16.7 Å². The number of benzene rings is 1. The molecule has 0 aliphatic rings. The van der Waals surface area contributed by atoms with Gasteiger partial charge in [-0.2, -0.15) is 8.42 Å². The quantitative estimate of drug-likeness (QED) is 0.432. The molecule has 10 heteroatoms. The van der Waals surface area contributed by atoms with Crippen molar-refractivity contribution in [2.45, 2.75) is 33.7 Å². The molecule has 1 amide bonds. The van der Waals surface area contributed by atoms with Crippen molar-refractivity contribution in [3.63, 3.8) is 0 Å². The molecule has 1 aromatic carbocycles. The molecule has 2 rings (SSSR count). The van der Waals surface area contributed by atoms with E-state index in [1.807, 2.05) is 19.1 Å². The summed E-state index contributed by atoms with van der Waals surface area (Å²) in [6.07, 6.45) is 4.58. The highest BCUT2D eigenvalue weighted by molar-refractivity contribution is 7.85. The zero-order valence-electron chi connectivity index (χ0n) is 17.0. The predicted octanol–water partition coefficient (Wildman–Crippen LogP) is 2.32. The second kappa shape index (κ2) is 11.4. The maximum absolute atomic E-state index is 11.0. The third-order valence-corrected chi connectivity index (χ3v) is 3.56. The molecule has 29 heavy (non-hydrogen) atoms. The number of carbonyl (C=O) groups is 1. The third kappa shape index (κ3) is 11.1. The fourth-order valence-electron chi connectivity index (χ4n) is 2.17. The van der Waals surface area contributed by atoms with Crippen LogP contribution in [0.2, 0.25) is 0 Å². The first-order valence-electron chi connectivity index (χ1n) is 8.98.